The molecule has 1 N–H and O–H groups in total. The Kier molecular flexibility index (Phi) is 5.06. The lowest BCUT2D eigenvalue weighted by Gasteiger charge is -2.23. The molecule has 1 aromatic carbocycles. The fourth-order valence-electron chi connectivity index (χ4n) is 2.91. The maximum atomic E-state index is 13.0. The molecule has 0 atom stereocenters. The van der Waals surface area contributed by atoms with E-state index in [1.54, 1.807) is 9.80 Å². The van der Waals surface area contributed by atoms with Gasteiger partial charge in [-0.2, -0.15) is 5.10 Å². The second-order valence-corrected chi connectivity index (χ2v) is 6.04. The van der Waals surface area contributed by atoms with Crippen molar-refractivity contribution in [2.24, 2.45) is 5.10 Å². The Labute approximate surface area is 144 Å². The van der Waals surface area contributed by atoms with Crippen LogP contribution in [0.25, 0.3) is 0 Å². The van der Waals surface area contributed by atoms with Crippen molar-refractivity contribution in [2.45, 2.75) is 19.3 Å². The maximum Gasteiger partial charge on any atom is 0.270 e. The number of amides is 3. The van der Waals surface area contributed by atoms with Crippen LogP contribution in [0.4, 0.5) is 4.39 Å². The Bertz CT molecular complexity index is 717. The first-order chi connectivity index (χ1) is 12.0. The fraction of sp³-hybridized carbons (Fsp3) is 0.412. The molecule has 0 aromatic heterocycles. The quantitative estimate of drug-likeness (QED) is 0.859. The molecular weight excluding hydrogens is 327 g/mol. The van der Waals surface area contributed by atoms with E-state index in [4.69, 9.17) is 0 Å². The molecule has 1 fully saturated rings. The Morgan fingerprint density at radius 1 is 0.960 bits per heavy atom. The van der Waals surface area contributed by atoms with Crippen molar-refractivity contribution in [3.05, 3.63) is 35.6 Å². The zero-order valence-corrected chi connectivity index (χ0v) is 13.7. The Morgan fingerprint density at radius 3 is 2.20 bits per heavy atom. The topological polar surface area (TPSA) is 82.1 Å². The highest BCUT2D eigenvalue weighted by Gasteiger charge is 2.27. The van der Waals surface area contributed by atoms with E-state index in [-0.39, 0.29) is 30.0 Å². The zero-order valence-electron chi connectivity index (χ0n) is 13.7. The standard InChI is InChI=1S/C17H19FN4O3/c18-13-4-2-12(3-5-13)16(24)21-8-1-9-22(11-10-21)17(25)14-6-7-15(23)20-19-14/h2-5H,1,6-11H2,(H,20,23). The fourth-order valence-corrected chi connectivity index (χ4v) is 2.91. The van der Waals surface area contributed by atoms with Gasteiger partial charge in [-0.25, -0.2) is 9.82 Å². The number of halogens is 1. The van der Waals surface area contributed by atoms with Crippen molar-refractivity contribution in [1.29, 1.82) is 0 Å². The molecule has 0 radical (unpaired) electrons. The molecule has 1 saturated heterocycles. The van der Waals surface area contributed by atoms with E-state index < -0.39 is 0 Å². The average molecular weight is 346 g/mol. The molecule has 2 heterocycles. The molecule has 2 aliphatic rings. The lowest BCUT2D eigenvalue weighted by Crippen LogP contribution is -2.42. The second-order valence-electron chi connectivity index (χ2n) is 6.04. The van der Waals surface area contributed by atoms with Gasteiger partial charge >= 0.3 is 0 Å². The van der Waals surface area contributed by atoms with Crippen molar-refractivity contribution in [2.75, 3.05) is 26.2 Å². The van der Waals surface area contributed by atoms with Gasteiger partial charge in [-0.05, 0) is 30.7 Å². The number of nitrogens with zero attached hydrogens (tertiary/aromatic N) is 3. The van der Waals surface area contributed by atoms with E-state index >= 15 is 0 Å². The molecular formula is C17H19FN4O3. The van der Waals surface area contributed by atoms with Crippen LogP contribution in [-0.4, -0.2) is 59.4 Å². The summed E-state index contributed by atoms with van der Waals surface area (Å²) in [7, 11) is 0. The molecule has 25 heavy (non-hydrogen) atoms. The van der Waals surface area contributed by atoms with Crippen LogP contribution in [0.15, 0.2) is 29.4 Å². The number of carbonyl (C=O) groups is 3. The highest BCUT2D eigenvalue weighted by Crippen LogP contribution is 2.12. The molecule has 0 saturated carbocycles. The van der Waals surface area contributed by atoms with E-state index in [1.807, 2.05) is 0 Å². The van der Waals surface area contributed by atoms with Gasteiger partial charge in [0.1, 0.15) is 11.5 Å². The molecule has 132 valence electrons. The molecule has 8 heteroatoms. The summed E-state index contributed by atoms with van der Waals surface area (Å²) in [5, 5.41) is 3.84. The van der Waals surface area contributed by atoms with Crippen LogP contribution in [-0.2, 0) is 9.59 Å². The monoisotopic (exact) mass is 346 g/mol. The van der Waals surface area contributed by atoms with Crippen molar-refractivity contribution >= 4 is 23.4 Å². The van der Waals surface area contributed by atoms with Crippen molar-refractivity contribution < 1.29 is 18.8 Å². The normalized spacial score (nSPS) is 18.3. The molecule has 0 bridgehead atoms. The van der Waals surface area contributed by atoms with Crippen LogP contribution >= 0.6 is 0 Å². The van der Waals surface area contributed by atoms with Gasteiger partial charge in [0.05, 0.1) is 0 Å². The van der Waals surface area contributed by atoms with E-state index in [1.165, 1.54) is 24.3 Å². The van der Waals surface area contributed by atoms with Crippen LogP contribution in [0.5, 0.6) is 0 Å². The second kappa shape index (κ2) is 7.42. The molecule has 7 nitrogen and oxygen atoms in total. The van der Waals surface area contributed by atoms with Crippen molar-refractivity contribution in [3.8, 4) is 0 Å². The Balaban J connectivity index is 1.62. The summed E-state index contributed by atoms with van der Waals surface area (Å²) >= 11 is 0. The predicted molar refractivity (Wildman–Crippen MR) is 88.3 cm³/mol. The van der Waals surface area contributed by atoms with Gasteiger partial charge in [0.15, 0.2) is 0 Å². The Hall–Kier alpha value is -2.77. The number of hydrogen-bond acceptors (Lipinski definition) is 4. The SMILES string of the molecule is O=C1CCC(C(=O)N2CCCN(C(=O)c3ccc(F)cc3)CC2)=NN1. The number of hydrazone groups is 1. The average Bonchev–Trinajstić information content (AvgIpc) is 2.88. The minimum absolute atomic E-state index is 0.170. The molecule has 2 aliphatic heterocycles. The van der Waals surface area contributed by atoms with Gasteiger partial charge in [0.2, 0.25) is 5.91 Å². The van der Waals surface area contributed by atoms with Crippen LogP contribution in [0.1, 0.15) is 29.6 Å². The van der Waals surface area contributed by atoms with Gasteiger partial charge in [0, 0.05) is 44.6 Å². The predicted octanol–water partition coefficient (Wildman–Crippen LogP) is 0.766. The molecule has 3 amide bonds. The third-order valence-electron chi connectivity index (χ3n) is 4.31. The summed E-state index contributed by atoms with van der Waals surface area (Å²) in [6, 6.07) is 5.45. The minimum Gasteiger partial charge on any atom is -0.337 e. The van der Waals surface area contributed by atoms with Crippen LogP contribution in [0, 0.1) is 5.82 Å². The summed E-state index contributed by atoms with van der Waals surface area (Å²) in [5.74, 6) is -0.944. The molecule has 1 aromatic rings. The number of benzene rings is 1. The van der Waals surface area contributed by atoms with E-state index in [0.717, 1.165) is 0 Å². The number of nitrogens with one attached hydrogen (secondary N) is 1. The van der Waals surface area contributed by atoms with Crippen molar-refractivity contribution in [1.82, 2.24) is 15.2 Å². The molecule has 0 unspecified atom stereocenters. The summed E-state index contributed by atoms with van der Waals surface area (Å²) in [4.78, 5) is 39.5. The van der Waals surface area contributed by atoms with Crippen LogP contribution in [0.2, 0.25) is 0 Å². The smallest absolute Gasteiger partial charge is 0.270 e. The van der Waals surface area contributed by atoms with Gasteiger partial charge in [-0.3, -0.25) is 14.4 Å². The highest BCUT2D eigenvalue weighted by atomic mass is 19.1. The lowest BCUT2D eigenvalue weighted by atomic mass is 10.1. The third kappa shape index (κ3) is 4.01. The number of carbonyl (C=O) groups excluding carboxylic acids is 3. The van der Waals surface area contributed by atoms with Gasteiger partial charge in [-0.1, -0.05) is 0 Å². The first-order valence-corrected chi connectivity index (χ1v) is 8.24. The van der Waals surface area contributed by atoms with Crippen LogP contribution < -0.4 is 5.43 Å². The molecule has 0 spiro atoms. The first-order valence-electron chi connectivity index (χ1n) is 8.24. The molecule has 0 aliphatic carbocycles. The highest BCUT2D eigenvalue weighted by molar-refractivity contribution is 6.39. The maximum absolute atomic E-state index is 13.0. The third-order valence-corrected chi connectivity index (χ3v) is 4.31. The zero-order chi connectivity index (χ0) is 17.8. The van der Waals surface area contributed by atoms with Crippen LogP contribution in [0.3, 0.4) is 0 Å². The van der Waals surface area contributed by atoms with Crippen molar-refractivity contribution in [3.63, 3.8) is 0 Å². The first kappa shape index (κ1) is 17.1. The lowest BCUT2D eigenvalue weighted by molar-refractivity contribution is -0.124. The number of rotatable bonds is 2. The number of hydrogen-bond donors (Lipinski definition) is 1. The van der Waals surface area contributed by atoms with Gasteiger partial charge in [0.25, 0.3) is 11.8 Å². The Morgan fingerprint density at radius 2 is 1.60 bits per heavy atom. The van der Waals surface area contributed by atoms with E-state index in [2.05, 4.69) is 10.5 Å². The van der Waals surface area contributed by atoms with Gasteiger partial charge < -0.3 is 9.80 Å². The summed E-state index contributed by atoms with van der Waals surface area (Å²) < 4.78 is 13.0. The van der Waals surface area contributed by atoms with E-state index in [0.29, 0.717) is 50.3 Å². The minimum atomic E-state index is -0.385. The van der Waals surface area contributed by atoms with E-state index in [9.17, 15) is 18.8 Å². The summed E-state index contributed by atoms with van der Waals surface area (Å²) in [5.41, 5.74) is 3.10. The summed E-state index contributed by atoms with van der Waals surface area (Å²) in [6.45, 7) is 1.86. The largest absolute Gasteiger partial charge is 0.337 e. The molecule has 3 rings (SSSR count). The van der Waals surface area contributed by atoms with Gasteiger partial charge in [-0.15, -0.1) is 0 Å². The summed E-state index contributed by atoms with van der Waals surface area (Å²) in [6.07, 6.45) is 1.24.